The van der Waals surface area contributed by atoms with E-state index in [9.17, 15) is 4.79 Å². The zero-order chi connectivity index (χ0) is 17.9. The highest BCUT2D eigenvalue weighted by atomic mass is 16.2. The zero-order valence-corrected chi connectivity index (χ0v) is 15.9. The average molecular weight is 351 g/mol. The normalized spacial score (nSPS) is 22.7. The van der Waals surface area contributed by atoms with E-state index in [0.29, 0.717) is 11.8 Å². The first-order valence-corrected chi connectivity index (χ1v) is 10.2. The lowest BCUT2D eigenvalue weighted by Gasteiger charge is -2.37. The second-order valence-corrected chi connectivity index (χ2v) is 8.22. The third-order valence-corrected chi connectivity index (χ3v) is 6.18. The molecule has 0 bridgehead atoms. The first-order chi connectivity index (χ1) is 12.7. The molecule has 3 heteroatoms. The Labute approximate surface area is 157 Å². The van der Waals surface area contributed by atoms with Gasteiger partial charge in [0.05, 0.1) is 0 Å². The van der Waals surface area contributed by atoms with Gasteiger partial charge in [-0.1, -0.05) is 49.4 Å². The molecule has 3 nitrogen and oxygen atoms in total. The largest absolute Gasteiger partial charge is 0.342 e. The molecule has 0 unspecified atom stereocenters. The summed E-state index contributed by atoms with van der Waals surface area (Å²) in [6, 6.07) is 15.2. The molecule has 2 saturated heterocycles. The fourth-order valence-electron chi connectivity index (χ4n) is 4.66. The number of rotatable bonds is 3. The zero-order valence-electron chi connectivity index (χ0n) is 15.9. The van der Waals surface area contributed by atoms with Gasteiger partial charge in [-0.05, 0) is 61.0 Å². The molecule has 1 atom stereocenters. The SMILES string of the molecule is C[C@H]1CCCN(C(=O)C2CCN(Cc3cccc4ccccc34)CC2)C1. The first-order valence-electron chi connectivity index (χ1n) is 10.2. The van der Waals surface area contributed by atoms with Crippen LogP contribution in [0.1, 0.15) is 38.2 Å². The number of hydrogen-bond acceptors (Lipinski definition) is 2. The summed E-state index contributed by atoms with van der Waals surface area (Å²) in [4.78, 5) is 17.5. The van der Waals surface area contributed by atoms with Crippen molar-refractivity contribution in [3.8, 4) is 0 Å². The lowest BCUT2D eigenvalue weighted by Crippen LogP contribution is -2.45. The molecule has 0 N–H and O–H groups in total. The summed E-state index contributed by atoms with van der Waals surface area (Å²) >= 11 is 0. The number of nitrogens with zero attached hydrogens (tertiary/aromatic N) is 2. The summed E-state index contributed by atoms with van der Waals surface area (Å²) in [6.45, 7) is 7.26. The molecule has 26 heavy (non-hydrogen) atoms. The second kappa shape index (κ2) is 7.79. The van der Waals surface area contributed by atoms with Crippen molar-refractivity contribution in [1.29, 1.82) is 0 Å². The first kappa shape index (κ1) is 17.5. The molecule has 2 aromatic rings. The second-order valence-electron chi connectivity index (χ2n) is 8.22. The van der Waals surface area contributed by atoms with Crippen LogP contribution in [0.5, 0.6) is 0 Å². The molecule has 2 heterocycles. The van der Waals surface area contributed by atoms with Gasteiger partial charge in [0.15, 0.2) is 0 Å². The van der Waals surface area contributed by atoms with E-state index in [1.165, 1.54) is 29.2 Å². The molecule has 1 amide bonds. The van der Waals surface area contributed by atoms with E-state index in [2.05, 4.69) is 59.2 Å². The van der Waals surface area contributed by atoms with Crippen LogP contribution in [0.15, 0.2) is 42.5 Å². The highest BCUT2D eigenvalue weighted by Gasteiger charge is 2.30. The Kier molecular flexibility index (Phi) is 5.26. The minimum Gasteiger partial charge on any atom is -0.342 e. The average Bonchev–Trinajstić information content (AvgIpc) is 2.68. The Morgan fingerprint density at radius 3 is 2.58 bits per heavy atom. The van der Waals surface area contributed by atoms with Crippen molar-refractivity contribution in [2.45, 2.75) is 39.2 Å². The molecule has 0 spiro atoms. The van der Waals surface area contributed by atoms with Crippen molar-refractivity contribution in [1.82, 2.24) is 9.80 Å². The Morgan fingerprint density at radius 1 is 1.00 bits per heavy atom. The fourth-order valence-corrected chi connectivity index (χ4v) is 4.66. The number of piperidine rings is 2. The number of carbonyl (C=O) groups excluding carboxylic acids is 1. The molecule has 0 radical (unpaired) electrons. The topological polar surface area (TPSA) is 23.6 Å². The van der Waals surface area contributed by atoms with Gasteiger partial charge in [-0.15, -0.1) is 0 Å². The maximum Gasteiger partial charge on any atom is 0.225 e. The number of benzene rings is 2. The smallest absolute Gasteiger partial charge is 0.225 e. The molecule has 2 aromatic carbocycles. The molecule has 138 valence electrons. The number of likely N-dealkylation sites (tertiary alicyclic amines) is 2. The monoisotopic (exact) mass is 350 g/mol. The molecule has 2 fully saturated rings. The van der Waals surface area contributed by atoms with Crippen molar-refractivity contribution in [2.24, 2.45) is 11.8 Å². The van der Waals surface area contributed by atoms with Crippen molar-refractivity contribution >= 4 is 16.7 Å². The molecule has 4 rings (SSSR count). The third kappa shape index (κ3) is 3.78. The molecular formula is C23H30N2O. The molecule has 0 aliphatic carbocycles. The van der Waals surface area contributed by atoms with Crippen LogP contribution in [0.4, 0.5) is 0 Å². The van der Waals surface area contributed by atoms with Gasteiger partial charge in [0.25, 0.3) is 0 Å². The van der Waals surface area contributed by atoms with Crippen LogP contribution in [-0.2, 0) is 11.3 Å². The summed E-state index contributed by atoms with van der Waals surface area (Å²) in [6.07, 6.45) is 4.46. The van der Waals surface area contributed by atoms with Crippen molar-refractivity contribution in [3.63, 3.8) is 0 Å². The third-order valence-electron chi connectivity index (χ3n) is 6.18. The van der Waals surface area contributed by atoms with Crippen molar-refractivity contribution < 1.29 is 4.79 Å². The minimum atomic E-state index is 0.240. The maximum absolute atomic E-state index is 12.8. The lowest BCUT2D eigenvalue weighted by atomic mass is 9.92. The summed E-state index contributed by atoms with van der Waals surface area (Å²) in [7, 11) is 0. The van der Waals surface area contributed by atoms with Crippen LogP contribution in [-0.4, -0.2) is 41.9 Å². The fraction of sp³-hybridized carbons (Fsp3) is 0.522. The Hall–Kier alpha value is -1.87. The summed E-state index contributed by atoms with van der Waals surface area (Å²) in [5, 5.41) is 2.67. The molecule has 0 saturated carbocycles. The van der Waals surface area contributed by atoms with E-state index in [1.807, 2.05) is 0 Å². The van der Waals surface area contributed by atoms with Gasteiger partial charge in [0, 0.05) is 25.6 Å². The van der Waals surface area contributed by atoms with Gasteiger partial charge in [-0.3, -0.25) is 9.69 Å². The molecular weight excluding hydrogens is 320 g/mol. The Morgan fingerprint density at radius 2 is 1.77 bits per heavy atom. The molecule has 0 aromatic heterocycles. The van der Waals surface area contributed by atoms with Gasteiger partial charge in [-0.25, -0.2) is 0 Å². The minimum absolute atomic E-state index is 0.240. The van der Waals surface area contributed by atoms with Crippen LogP contribution in [0.3, 0.4) is 0 Å². The number of fused-ring (bicyclic) bond motifs is 1. The van der Waals surface area contributed by atoms with E-state index in [4.69, 9.17) is 0 Å². The van der Waals surface area contributed by atoms with Gasteiger partial charge < -0.3 is 4.90 Å². The highest BCUT2D eigenvalue weighted by molar-refractivity contribution is 5.85. The standard InChI is InChI=1S/C23H30N2O/c1-18-6-5-13-25(16-18)23(26)20-11-14-24(15-12-20)17-21-9-4-8-19-7-2-3-10-22(19)21/h2-4,7-10,18,20H,5-6,11-17H2,1H3/t18-/m0/s1. The van der Waals surface area contributed by atoms with Gasteiger partial charge >= 0.3 is 0 Å². The predicted molar refractivity (Wildman–Crippen MR) is 107 cm³/mol. The van der Waals surface area contributed by atoms with Crippen LogP contribution < -0.4 is 0 Å². The van der Waals surface area contributed by atoms with E-state index in [1.54, 1.807) is 0 Å². The van der Waals surface area contributed by atoms with Gasteiger partial charge in [0.2, 0.25) is 5.91 Å². The van der Waals surface area contributed by atoms with E-state index in [0.717, 1.165) is 45.6 Å². The Bertz CT molecular complexity index is 758. The summed E-state index contributed by atoms with van der Waals surface area (Å²) in [5.74, 6) is 1.32. The van der Waals surface area contributed by atoms with Crippen molar-refractivity contribution in [2.75, 3.05) is 26.2 Å². The lowest BCUT2D eigenvalue weighted by molar-refractivity contribution is -0.138. The maximum atomic E-state index is 12.8. The molecule has 2 aliphatic rings. The van der Waals surface area contributed by atoms with E-state index >= 15 is 0 Å². The number of carbonyl (C=O) groups is 1. The summed E-state index contributed by atoms with van der Waals surface area (Å²) in [5.41, 5.74) is 1.40. The number of amides is 1. The van der Waals surface area contributed by atoms with Crippen LogP contribution in [0, 0.1) is 11.8 Å². The van der Waals surface area contributed by atoms with E-state index < -0.39 is 0 Å². The van der Waals surface area contributed by atoms with Crippen molar-refractivity contribution in [3.05, 3.63) is 48.0 Å². The van der Waals surface area contributed by atoms with Crippen LogP contribution in [0.25, 0.3) is 10.8 Å². The summed E-state index contributed by atoms with van der Waals surface area (Å²) < 4.78 is 0. The van der Waals surface area contributed by atoms with E-state index in [-0.39, 0.29) is 5.92 Å². The Balaban J connectivity index is 1.35. The van der Waals surface area contributed by atoms with Gasteiger partial charge in [-0.2, -0.15) is 0 Å². The highest BCUT2D eigenvalue weighted by Crippen LogP contribution is 2.26. The quantitative estimate of drug-likeness (QED) is 0.823. The predicted octanol–water partition coefficient (Wildman–Crippen LogP) is 4.31. The number of hydrogen-bond donors (Lipinski definition) is 0. The molecule has 2 aliphatic heterocycles. The van der Waals surface area contributed by atoms with Crippen LogP contribution in [0.2, 0.25) is 0 Å². The van der Waals surface area contributed by atoms with Gasteiger partial charge in [0.1, 0.15) is 0 Å². The van der Waals surface area contributed by atoms with Crippen LogP contribution >= 0.6 is 0 Å².